The molecule has 1 fully saturated rings. The van der Waals surface area contributed by atoms with Crippen molar-refractivity contribution in [2.75, 3.05) is 19.8 Å². The van der Waals surface area contributed by atoms with Crippen LogP contribution in [0.5, 0.6) is 0 Å². The number of alkyl halides is 1. The van der Waals surface area contributed by atoms with Gasteiger partial charge in [0, 0.05) is 23.9 Å². The molecule has 0 bridgehead atoms. The molecule has 15 heavy (non-hydrogen) atoms. The fourth-order valence-electron chi connectivity index (χ4n) is 2.08. The SMILES string of the molecule is FCC1CCCN(Cc2ccc(Br)s2)C1. The van der Waals surface area contributed by atoms with Crippen molar-refractivity contribution in [1.82, 2.24) is 4.90 Å². The van der Waals surface area contributed by atoms with Gasteiger partial charge in [0.2, 0.25) is 0 Å². The lowest BCUT2D eigenvalue weighted by atomic mass is 9.99. The van der Waals surface area contributed by atoms with E-state index < -0.39 is 0 Å². The predicted molar refractivity (Wildman–Crippen MR) is 66.0 cm³/mol. The van der Waals surface area contributed by atoms with Gasteiger partial charge in [0.25, 0.3) is 0 Å². The van der Waals surface area contributed by atoms with E-state index in [0.717, 1.165) is 32.5 Å². The summed E-state index contributed by atoms with van der Waals surface area (Å²) in [6, 6.07) is 4.23. The number of thiophene rings is 1. The summed E-state index contributed by atoms with van der Waals surface area (Å²) >= 11 is 5.23. The third-order valence-electron chi connectivity index (χ3n) is 2.83. The van der Waals surface area contributed by atoms with E-state index in [1.54, 1.807) is 11.3 Å². The molecular weight excluding hydrogens is 277 g/mol. The molecule has 0 radical (unpaired) electrons. The highest BCUT2D eigenvalue weighted by atomic mass is 79.9. The molecule has 1 atom stereocenters. The molecule has 0 amide bonds. The molecule has 1 aromatic heterocycles. The Bertz CT molecular complexity index is 315. The Hall–Kier alpha value is 0.0700. The van der Waals surface area contributed by atoms with E-state index in [4.69, 9.17) is 0 Å². The normalized spacial score (nSPS) is 23.2. The van der Waals surface area contributed by atoms with Crippen LogP contribution in [0.2, 0.25) is 0 Å². The minimum atomic E-state index is -0.162. The Morgan fingerprint density at radius 3 is 3.07 bits per heavy atom. The number of piperidine rings is 1. The summed E-state index contributed by atoms with van der Waals surface area (Å²) in [4.78, 5) is 3.73. The van der Waals surface area contributed by atoms with Gasteiger partial charge in [-0.25, -0.2) is 0 Å². The molecule has 0 saturated carbocycles. The molecule has 0 aromatic carbocycles. The Labute approximate surface area is 102 Å². The zero-order valence-electron chi connectivity index (χ0n) is 8.59. The molecule has 1 unspecified atom stereocenters. The van der Waals surface area contributed by atoms with Crippen LogP contribution in [-0.4, -0.2) is 24.7 Å². The average molecular weight is 292 g/mol. The second kappa shape index (κ2) is 5.41. The molecule has 1 saturated heterocycles. The van der Waals surface area contributed by atoms with Crippen LogP contribution in [0.25, 0.3) is 0 Å². The largest absolute Gasteiger partial charge is 0.298 e. The lowest BCUT2D eigenvalue weighted by Gasteiger charge is -2.30. The van der Waals surface area contributed by atoms with E-state index in [1.807, 2.05) is 0 Å². The van der Waals surface area contributed by atoms with Gasteiger partial charge in [0.15, 0.2) is 0 Å². The van der Waals surface area contributed by atoms with Crippen molar-refractivity contribution < 1.29 is 4.39 Å². The first-order valence-electron chi connectivity index (χ1n) is 5.30. The van der Waals surface area contributed by atoms with Crippen molar-refractivity contribution in [2.45, 2.75) is 19.4 Å². The molecule has 2 rings (SSSR count). The van der Waals surface area contributed by atoms with Crippen LogP contribution in [0.4, 0.5) is 4.39 Å². The maximum absolute atomic E-state index is 12.6. The van der Waals surface area contributed by atoms with Crippen LogP contribution >= 0.6 is 27.3 Å². The molecule has 0 spiro atoms. The lowest BCUT2D eigenvalue weighted by molar-refractivity contribution is 0.149. The van der Waals surface area contributed by atoms with Crippen molar-refractivity contribution in [1.29, 1.82) is 0 Å². The van der Waals surface area contributed by atoms with Gasteiger partial charge in [-0.05, 0) is 47.4 Å². The van der Waals surface area contributed by atoms with Gasteiger partial charge in [0.1, 0.15) is 0 Å². The lowest BCUT2D eigenvalue weighted by Crippen LogP contribution is -2.35. The smallest absolute Gasteiger partial charge is 0.0934 e. The van der Waals surface area contributed by atoms with Crippen molar-refractivity contribution >= 4 is 27.3 Å². The molecule has 1 nitrogen and oxygen atoms in total. The van der Waals surface area contributed by atoms with Gasteiger partial charge in [-0.15, -0.1) is 11.3 Å². The van der Waals surface area contributed by atoms with Crippen molar-refractivity contribution in [3.8, 4) is 0 Å². The molecule has 1 aromatic rings. The quantitative estimate of drug-likeness (QED) is 0.821. The maximum atomic E-state index is 12.6. The monoisotopic (exact) mass is 291 g/mol. The summed E-state index contributed by atoms with van der Waals surface area (Å²) in [7, 11) is 0. The third-order valence-corrected chi connectivity index (χ3v) is 4.44. The first-order valence-corrected chi connectivity index (χ1v) is 6.91. The number of hydrogen-bond donors (Lipinski definition) is 0. The van der Waals surface area contributed by atoms with Gasteiger partial charge in [-0.1, -0.05) is 0 Å². The minimum absolute atomic E-state index is 0.162. The Morgan fingerprint density at radius 1 is 1.53 bits per heavy atom. The van der Waals surface area contributed by atoms with Gasteiger partial charge < -0.3 is 0 Å². The standard InChI is InChI=1S/C11H15BrFNS/c12-11-4-3-10(15-11)8-14-5-1-2-9(6-13)7-14/h3-4,9H,1-2,5-8H2. The maximum Gasteiger partial charge on any atom is 0.0934 e. The number of likely N-dealkylation sites (tertiary alicyclic amines) is 1. The number of nitrogens with zero attached hydrogens (tertiary/aromatic N) is 1. The van der Waals surface area contributed by atoms with Crippen molar-refractivity contribution in [2.24, 2.45) is 5.92 Å². The van der Waals surface area contributed by atoms with Gasteiger partial charge in [-0.3, -0.25) is 9.29 Å². The summed E-state index contributed by atoms with van der Waals surface area (Å²) in [5.74, 6) is 0.266. The summed E-state index contributed by atoms with van der Waals surface area (Å²) in [6.07, 6.45) is 2.20. The highest BCUT2D eigenvalue weighted by Gasteiger charge is 2.19. The molecule has 2 heterocycles. The highest BCUT2D eigenvalue weighted by Crippen LogP contribution is 2.25. The summed E-state index contributed by atoms with van der Waals surface area (Å²) in [5.41, 5.74) is 0. The van der Waals surface area contributed by atoms with Gasteiger partial charge in [-0.2, -0.15) is 0 Å². The molecule has 1 aliphatic rings. The second-order valence-corrected chi connectivity index (χ2v) is 6.65. The Balaban J connectivity index is 1.88. The zero-order valence-corrected chi connectivity index (χ0v) is 11.0. The summed E-state index contributed by atoms with van der Waals surface area (Å²) < 4.78 is 13.7. The van der Waals surface area contributed by atoms with Gasteiger partial charge in [0.05, 0.1) is 10.5 Å². The fraction of sp³-hybridized carbons (Fsp3) is 0.636. The highest BCUT2D eigenvalue weighted by molar-refractivity contribution is 9.11. The van der Waals surface area contributed by atoms with Crippen LogP contribution in [0, 0.1) is 5.92 Å². The van der Waals surface area contributed by atoms with Crippen molar-refractivity contribution in [3.63, 3.8) is 0 Å². The van der Waals surface area contributed by atoms with Crippen LogP contribution in [0.15, 0.2) is 15.9 Å². The molecular formula is C11H15BrFNS. The van der Waals surface area contributed by atoms with E-state index in [9.17, 15) is 4.39 Å². The molecule has 1 aliphatic heterocycles. The van der Waals surface area contributed by atoms with Crippen LogP contribution in [0.1, 0.15) is 17.7 Å². The average Bonchev–Trinajstić information content (AvgIpc) is 2.64. The van der Waals surface area contributed by atoms with E-state index in [1.165, 1.54) is 8.66 Å². The van der Waals surface area contributed by atoms with Crippen LogP contribution < -0.4 is 0 Å². The first kappa shape index (κ1) is 11.6. The Kier molecular flexibility index (Phi) is 4.17. The van der Waals surface area contributed by atoms with Crippen LogP contribution in [-0.2, 0) is 6.54 Å². The number of rotatable bonds is 3. The molecule has 0 N–H and O–H groups in total. The third kappa shape index (κ3) is 3.26. The number of halogens is 2. The molecule has 0 aliphatic carbocycles. The summed E-state index contributed by atoms with van der Waals surface area (Å²) in [5, 5.41) is 0. The van der Waals surface area contributed by atoms with E-state index in [0.29, 0.717) is 0 Å². The van der Waals surface area contributed by atoms with E-state index in [2.05, 4.69) is 33.0 Å². The topological polar surface area (TPSA) is 3.24 Å². The Morgan fingerprint density at radius 2 is 2.40 bits per heavy atom. The molecule has 4 heteroatoms. The van der Waals surface area contributed by atoms with Gasteiger partial charge >= 0.3 is 0 Å². The predicted octanol–water partition coefficient (Wildman–Crippen LogP) is 3.69. The van der Waals surface area contributed by atoms with E-state index in [-0.39, 0.29) is 12.6 Å². The van der Waals surface area contributed by atoms with E-state index >= 15 is 0 Å². The van der Waals surface area contributed by atoms with Crippen LogP contribution in [0.3, 0.4) is 0 Å². The fourth-order valence-corrected chi connectivity index (χ4v) is 3.60. The zero-order chi connectivity index (χ0) is 10.7. The minimum Gasteiger partial charge on any atom is -0.298 e. The first-order chi connectivity index (χ1) is 7.28. The summed E-state index contributed by atoms with van der Waals surface area (Å²) in [6.45, 7) is 2.86. The molecule has 84 valence electrons. The van der Waals surface area contributed by atoms with Crippen molar-refractivity contribution in [3.05, 3.63) is 20.8 Å². The second-order valence-electron chi connectivity index (χ2n) is 4.10. The number of hydrogen-bond acceptors (Lipinski definition) is 2.